The maximum absolute atomic E-state index is 12.4. The summed E-state index contributed by atoms with van der Waals surface area (Å²) in [6.07, 6.45) is 5.83. The van der Waals surface area contributed by atoms with E-state index in [1.165, 1.54) is 30.4 Å². The highest BCUT2D eigenvalue weighted by Crippen LogP contribution is 2.25. The Morgan fingerprint density at radius 2 is 1.96 bits per heavy atom. The number of likely N-dealkylation sites (tertiary alicyclic amines) is 1. The van der Waals surface area contributed by atoms with Crippen LogP contribution >= 0.6 is 0 Å². The molecule has 1 amide bonds. The first-order valence-corrected chi connectivity index (χ1v) is 9.06. The van der Waals surface area contributed by atoms with Crippen molar-refractivity contribution in [3.05, 3.63) is 35.4 Å². The molecule has 2 aliphatic rings. The first-order chi connectivity index (χ1) is 11.2. The molecule has 1 unspecified atom stereocenters. The van der Waals surface area contributed by atoms with Gasteiger partial charge in [-0.2, -0.15) is 0 Å². The molecule has 4 nitrogen and oxygen atoms in total. The Hall–Kier alpha value is -1.39. The molecule has 2 fully saturated rings. The van der Waals surface area contributed by atoms with Crippen molar-refractivity contribution in [2.75, 3.05) is 26.2 Å². The van der Waals surface area contributed by atoms with E-state index in [0.717, 1.165) is 32.5 Å². The second-order valence-electron chi connectivity index (χ2n) is 6.92. The van der Waals surface area contributed by atoms with Crippen LogP contribution in [0.1, 0.15) is 49.3 Å². The Morgan fingerprint density at radius 1 is 1.22 bits per heavy atom. The summed E-state index contributed by atoms with van der Waals surface area (Å²) >= 11 is 0. The molecule has 2 aliphatic heterocycles. The fraction of sp³-hybridized carbons (Fsp3) is 0.632. The summed E-state index contributed by atoms with van der Waals surface area (Å²) in [6.45, 7) is 6.06. The van der Waals surface area contributed by atoms with Crippen molar-refractivity contribution in [2.24, 2.45) is 0 Å². The Kier molecular flexibility index (Phi) is 5.68. The molecule has 2 heterocycles. The van der Waals surface area contributed by atoms with Crippen LogP contribution in [-0.4, -0.2) is 43.0 Å². The molecule has 2 atom stereocenters. The molecule has 0 radical (unpaired) electrons. The molecule has 1 aromatic carbocycles. The van der Waals surface area contributed by atoms with Gasteiger partial charge in [0.2, 0.25) is 5.91 Å². The lowest BCUT2D eigenvalue weighted by atomic mass is 10.0. The SMILES string of the molecule is Cc1ccc(C(CNC(=O)[C@H]2CCCCN2)N2CCCC2)cc1. The van der Waals surface area contributed by atoms with E-state index < -0.39 is 0 Å². The Morgan fingerprint density at radius 3 is 2.61 bits per heavy atom. The van der Waals surface area contributed by atoms with E-state index in [4.69, 9.17) is 0 Å². The van der Waals surface area contributed by atoms with Crippen LogP contribution < -0.4 is 10.6 Å². The van der Waals surface area contributed by atoms with E-state index in [1.807, 2.05) is 0 Å². The fourth-order valence-corrected chi connectivity index (χ4v) is 3.70. The van der Waals surface area contributed by atoms with Crippen LogP contribution in [0.3, 0.4) is 0 Å². The quantitative estimate of drug-likeness (QED) is 0.877. The van der Waals surface area contributed by atoms with Gasteiger partial charge >= 0.3 is 0 Å². The molecular weight excluding hydrogens is 286 g/mol. The topological polar surface area (TPSA) is 44.4 Å². The van der Waals surface area contributed by atoms with E-state index in [0.29, 0.717) is 12.6 Å². The molecule has 3 rings (SSSR count). The van der Waals surface area contributed by atoms with E-state index >= 15 is 0 Å². The zero-order chi connectivity index (χ0) is 16.1. The Labute approximate surface area is 139 Å². The van der Waals surface area contributed by atoms with Crippen molar-refractivity contribution in [3.8, 4) is 0 Å². The number of rotatable bonds is 5. The predicted octanol–water partition coefficient (Wildman–Crippen LogP) is 2.39. The van der Waals surface area contributed by atoms with E-state index in [-0.39, 0.29) is 11.9 Å². The van der Waals surface area contributed by atoms with Gasteiger partial charge in [0.1, 0.15) is 0 Å². The minimum atomic E-state index is 0.000922. The molecule has 126 valence electrons. The smallest absolute Gasteiger partial charge is 0.237 e. The van der Waals surface area contributed by atoms with Gasteiger partial charge in [-0.1, -0.05) is 36.2 Å². The summed E-state index contributed by atoms with van der Waals surface area (Å²) < 4.78 is 0. The number of hydrogen-bond acceptors (Lipinski definition) is 3. The molecule has 0 aliphatic carbocycles. The Bertz CT molecular complexity index is 502. The molecule has 2 N–H and O–H groups in total. The Balaban J connectivity index is 1.63. The van der Waals surface area contributed by atoms with Gasteiger partial charge in [0.25, 0.3) is 0 Å². The standard InChI is InChI=1S/C19H29N3O/c1-15-7-9-16(10-8-15)18(22-12-4-5-13-22)14-21-19(23)17-6-2-3-11-20-17/h7-10,17-18,20H,2-6,11-14H2,1H3,(H,21,23)/t17-,18?/m1/s1. The van der Waals surface area contributed by atoms with E-state index in [2.05, 4.69) is 46.7 Å². The van der Waals surface area contributed by atoms with Crippen LogP contribution in [0.15, 0.2) is 24.3 Å². The molecule has 2 saturated heterocycles. The first kappa shape index (κ1) is 16.5. The van der Waals surface area contributed by atoms with Gasteiger partial charge in [0.05, 0.1) is 12.1 Å². The van der Waals surface area contributed by atoms with Gasteiger partial charge < -0.3 is 10.6 Å². The van der Waals surface area contributed by atoms with Crippen molar-refractivity contribution in [1.29, 1.82) is 0 Å². The predicted molar refractivity (Wildman–Crippen MR) is 93.4 cm³/mol. The normalized spacial score (nSPS) is 23.6. The van der Waals surface area contributed by atoms with Crippen molar-refractivity contribution in [1.82, 2.24) is 15.5 Å². The zero-order valence-electron chi connectivity index (χ0n) is 14.2. The molecular formula is C19H29N3O. The number of benzene rings is 1. The van der Waals surface area contributed by atoms with Crippen molar-refractivity contribution < 1.29 is 4.79 Å². The van der Waals surface area contributed by atoms with Crippen LogP contribution in [0.2, 0.25) is 0 Å². The summed E-state index contributed by atoms with van der Waals surface area (Å²) in [5, 5.41) is 6.53. The third-order valence-corrected chi connectivity index (χ3v) is 5.14. The highest BCUT2D eigenvalue weighted by atomic mass is 16.2. The maximum Gasteiger partial charge on any atom is 0.237 e. The molecule has 23 heavy (non-hydrogen) atoms. The lowest BCUT2D eigenvalue weighted by molar-refractivity contribution is -0.123. The van der Waals surface area contributed by atoms with Gasteiger partial charge in [-0.15, -0.1) is 0 Å². The van der Waals surface area contributed by atoms with E-state index in [1.54, 1.807) is 0 Å². The van der Waals surface area contributed by atoms with Gasteiger partial charge in [0.15, 0.2) is 0 Å². The van der Waals surface area contributed by atoms with Crippen LogP contribution in [-0.2, 0) is 4.79 Å². The second kappa shape index (κ2) is 7.93. The molecule has 4 heteroatoms. The number of aryl methyl sites for hydroxylation is 1. The number of carbonyl (C=O) groups excluding carboxylic acids is 1. The molecule has 0 spiro atoms. The minimum Gasteiger partial charge on any atom is -0.353 e. The van der Waals surface area contributed by atoms with Crippen LogP contribution in [0.5, 0.6) is 0 Å². The lowest BCUT2D eigenvalue weighted by Crippen LogP contribution is -2.48. The van der Waals surface area contributed by atoms with Crippen molar-refractivity contribution >= 4 is 5.91 Å². The summed E-state index contributed by atoms with van der Waals surface area (Å²) in [4.78, 5) is 14.9. The van der Waals surface area contributed by atoms with Gasteiger partial charge in [0, 0.05) is 6.54 Å². The monoisotopic (exact) mass is 315 g/mol. The maximum atomic E-state index is 12.4. The average Bonchev–Trinajstić information content (AvgIpc) is 3.11. The number of hydrogen-bond donors (Lipinski definition) is 2. The summed E-state index contributed by atoms with van der Waals surface area (Å²) in [6, 6.07) is 9.06. The molecule has 1 aromatic rings. The van der Waals surface area contributed by atoms with Gasteiger partial charge in [-0.25, -0.2) is 0 Å². The number of piperidine rings is 1. The van der Waals surface area contributed by atoms with Crippen LogP contribution in [0, 0.1) is 6.92 Å². The highest BCUT2D eigenvalue weighted by molar-refractivity contribution is 5.81. The van der Waals surface area contributed by atoms with Crippen molar-refractivity contribution in [2.45, 2.75) is 51.1 Å². The summed E-state index contributed by atoms with van der Waals surface area (Å²) in [5.74, 6) is 0.168. The van der Waals surface area contributed by atoms with Crippen LogP contribution in [0.4, 0.5) is 0 Å². The number of amides is 1. The molecule has 0 aromatic heterocycles. The van der Waals surface area contributed by atoms with Crippen molar-refractivity contribution in [3.63, 3.8) is 0 Å². The lowest BCUT2D eigenvalue weighted by Gasteiger charge is -2.30. The third-order valence-electron chi connectivity index (χ3n) is 5.14. The fourth-order valence-electron chi connectivity index (χ4n) is 3.70. The zero-order valence-corrected chi connectivity index (χ0v) is 14.2. The highest BCUT2D eigenvalue weighted by Gasteiger charge is 2.26. The van der Waals surface area contributed by atoms with Gasteiger partial charge in [-0.3, -0.25) is 9.69 Å². The van der Waals surface area contributed by atoms with Gasteiger partial charge in [-0.05, 0) is 57.8 Å². The summed E-state index contributed by atoms with van der Waals surface area (Å²) in [7, 11) is 0. The second-order valence-corrected chi connectivity index (χ2v) is 6.92. The number of nitrogens with zero attached hydrogens (tertiary/aromatic N) is 1. The number of nitrogens with one attached hydrogen (secondary N) is 2. The molecule has 0 bridgehead atoms. The average molecular weight is 315 g/mol. The third kappa shape index (κ3) is 4.33. The minimum absolute atomic E-state index is 0.000922. The van der Waals surface area contributed by atoms with Crippen LogP contribution in [0.25, 0.3) is 0 Å². The first-order valence-electron chi connectivity index (χ1n) is 9.06. The molecule has 0 saturated carbocycles. The number of carbonyl (C=O) groups is 1. The van der Waals surface area contributed by atoms with E-state index in [9.17, 15) is 4.79 Å². The largest absolute Gasteiger partial charge is 0.353 e. The summed E-state index contributed by atoms with van der Waals surface area (Å²) in [5.41, 5.74) is 2.60.